The minimum Gasteiger partial charge on any atom is -0.465 e. The number of carbonyl (C=O) groups is 2. The molecule has 5 nitrogen and oxygen atoms in total. The molecular formula is C10H14N2O3S2. The van der Waals surface area contributed by atoms with Crippen LogP contribution >= 0.6 is 23.1 Å². The third-order valence-electron chi connectivity index (χ3n) is 1.87. The number of hydrogen-bond donors (Lipinski definition) is 2. The van der Waals surface area contributed by atoms with Gasteiger partial charge in [0, 0.05) is 5.75 Å². The second-order valence-corrected chi connectivity index (χ2v) is 4.95. The summed E-state index contributed by atoms with van der Waals surface area (Å²) >= 11 is 2.74. The molecule has 0 spiro atoms. The largest absolute Gasteiger partial charge is 0.465 e. The van der Waals surface area contributed by atoms with Gasteiger partial charge in [0.1, 0.15) is 0 Å². The molecule has 1 aromatic heterocycles. The minimum absolute atomic E-state index is 0.238. The van der Waals surface area contributed by atoms with Gasteiger partial charge < -0.3 is 4.74 Å². The predicted octanol–water partition coefficient (Wildman–Crippen LogP) is 1.15. The average molecular weight is 274 g/mol. The average Bonchev–Trinajstić information content (AvgIpc) is 2.77. The van der Waals surface area contributed by atoms with E-state index in [1.165, 1.54) is 23.1 Å². The molecule has 1 aromatic rings. The van der Waals surface area contributed by atoms with E-state index in [1.807, 2.05) is 11.4 Å². The van der Waals surface area contributed by atoms with E-state index >= 15 is 0 Å². The van der Waals surface area contributed by atoms with Crippen molar-refractivity contribution in [3.05, 3.63) is 21.9 Å². The Hall–Kier alpha value is -1.05. The lowest BCUT2D eigenvalue weighted by Gasteiger charge is -2.03. The van der Waals surface area contributed by atoms with Crippen LogP contribution in [0, 0.1) is 0 Å². The summed E-state index contributed by atoms with van der Waals surface area (Å²) in [4.78, 5) is 23.1. The van der Waals surface area contributed by atoms with Gasteiger partial charge in [0.05, 0.1) is 17.2 Å². The highest BCUT2D eigenvalue weighted by atomic mass is 32.2. The number of nitrogens with one attached hydrogen (secondary N) is 1. The Bertz CT molecular complexity index is 393. The summed E-state index contributed by atoms with van der Waals surface area (Å²) in [6, 6.07) is 1.85. The Morgan fingerprint density at radius 2 is 2.35 bits per heavy atom. The summed E-state index contributed by atoms with van der Waals surface area (Å²) in [7, 11) is 0. The van der Waals surface area contributed by atoms with Crippen LogP contribution in [0.1, 0.15) is 22.2 Å². The number of esters is 1. The molecule has 7 heteroatoms. The van der Waals surface area contributed by atoms with Crippen molar-refractivity contribution in [1.29, 1.82) is 0 Å². The number of nitrogens with two attached hydrogens (primary N) is 1. The van der Waals surface area contributed by atoms with Crippen LogP contribution < -0.4 is 11.3 Å². The van der Waals surface area contributed by atoms with E-state index in [2.05, 4.69) is 5.43 Å². The number of amides is 1. The first kappa shape index (κ1) is 14.0. The molecular weight excluding hydrogens is 260 g/mol. The zero-order valence-electron chi connectivity index (χ0n) is 9.39. The van der Waals surface area contributed by atoms with Gasteiger partial charge in [-0.15, -0.1) is 23.1 Å². The molecule has 0 atom stereocenters. The molecule has 0 saturated carbocycles. The van der Waals surface area contributed by atoms with Crippen molar-refractivity contribution in [2.75, 3.05) is 12.4 Å². The van der Waals surface area contributed by atoms with Crippen molar-refractivity contribution in [2.24, 2.45) is 5.84 Å². The number of thiophene rings is 1. The number of nitrogen functional groups attached to an aromatic ring is 1. The number of hydrazine groups is 1. The topological polar surface area (TPSA) is 81.4 Å². The summed E-state index contributed by atoms with van der Waals surface area (Å²) in [5.74, 6) is 5.41. The van der Waals surface area contributed by atoms with E-state index in [0.29, 0.717) is 17.2 Å². The van der Waals surface area contributed by atoms with E-state index < -0.39 is 0 Å². The van der Waals surface area contributed by atoms with Gasteiger partial charge in [0.25, 0.3) is 5.91 Å². The van der Waals surface area contributed by atoms with E-state index in [1.54, 1.807) is 6.92 Å². The summed E-state index contributed by atoms with van der Waals surface area (Å²) in [6.45, 7) is 2.16. The van der Waals surface area contributed by atoms with Gasteiger partial charge in [-0.25, -0.2) is 5.84 Å². The van der Waals surface area contributed by atoms with Crippen LogP contribution in [0.2, 0.25) is 0 Å². The molecule has 0 aliphatic heterocycles. The van der Waals surface area contributed by atoms with Crippen molar-refractivity contribution < 1.29 is 14.3 Å². The lowest BCUT2D eigenvalue weighted by atomic mass is 10.3. The first-order chi connectivity index (χ1) is 8.19. The van der Waals surface area contributed by atoms with Gasteiger partial charge in [-0.1, -0.05) is 0 Å². The molecule has 17 heavy (non-hydrogen) atoms. The lowest BCUT2D eigenvalue weighted by molar-refractivity contribution is -0.139. The van der Waals surface area contributed by atoms with E-state index in [4.69, 9.17) is 10.6 Å². The third kappa shape index (κ3) is 4.37. The van der Waals surface area contributed by atoms with Crippen LogP contribution in [0.4, 0.5) is 0 Å². The normalized spacial score (nSPS) is 10.0. The van der Waals surface area contributed by atoms with Crippen LogP contribution in [0.25, 0.3) is 0 Å². The molecule has 3 N–H and O–H groups in total. The van der Waals surface area contributed by atoms with Crippen LogP contribution in [0.15, 0.2) is 11.4 Å². The van der Waals surface area contributed by atoms with Crippen LogP contribution in [0.5, 0.6) is 0 Å². The molecule has 94 valence electrons. The number of hydrogen-bond acceptors (Lipinski definition) is 6. The van der Waals surface area contributed by atoms with E-state index in [9.17, 15) is 9.59 Å². The molecule has 0 aliphatic carbocycles. The highest BCUT2D eigenvalue weighted by Gasteiger charge is 2.12. The molecule has 0 bridgehead atoms. The standard InChI is InChI=1S/C10H14N2O3S2/c1-2-15-8(13)6-16-5-7-3-4-17-9(7)10(14)12-11/h3-4H,2,5-6,11H2,1H3,(H,12,14). The fraction of sp³-hybridized carbons (Fsp3) is 0.400. The highest BCUT2D eigenvalue weighted by Crippen LogP contribution is 2.21. The first-order valence-corrected chi connectivity index (χ1v) is 7.03. The van der Waals surface area contributed by atoms with Crippen molar-refractivity contribution in [2.45, 2.75) is 12.7 Å². The Balaban J connectivity index is 2.44. The molecule has 0 aliphatic rings. The van der Waals surface area contributed by atoms with Crippen molar-refractivity contribution in [3.8, 4) is 0 Å². The Labute approximate surface area is 108 Å². The van der Waals surface area contributed by atoms with E-state index in [-0.39, 0.29) is 17.6 Å². The SMILES string of the molecule is CCOC(=O)CSCc1ccsc1C(=O)NN. The maximum absolute atomic E-state index is 11.4. The monoisotopic (exact) mass is 274 g/mol. The van der Waals surface area contributed by atoms with E-state index in [0.717, 1.165) is 5.56 Å². The smallest absolute Gasteiger partial charge is 0.315 e. The fourth-order valence-electron chi connectivity index (χ4n) is 1.16. The molecule has 0 radical (unpaired) electrons. The Kier molecular flexibility index (Phi) is 6.03. The first-order valence-electron chi connectivity index (χ1n) is 4.99. The molecule has 1 heterocycles. The number of thioether (sulfide) groups is 1. The molecule has 0 saturated heterocycles. The second-order valence-electron chi connectivity index (χ2n) is 3.05. The maximum Gasteiger partial charge on any atom is 0.315 e. The highest BCUT2D eigenvalue weighted by molar-refractivity contribution is 7.99. The zero-order valence-corrected chi connectivity index (χ0v) is 11.0. The second kappa shape index (κ2) is 7.31. The van der Waals surface area contributed by atoms with Gasteiger partial charge in [0.2, 0.25) is 0 Å². The third-order valence-corrected chi connectivity index (χ3v) is 3.78. The van der Waals surface area contributed by atoms with Crippen LogP contribution in [0.3, 0.4) is 0 Å². The maximum atomic E-state index is 11.4. The molecule has 0 fully saturated rings. The van der Waals surface area contributed by atoms with Gasteiger partial charge in [0.15, 0.2) is 0 Å². The summed E-state index contributed by atoms with van der Waals surface area (Å²) < 4.78 is 4.80. The number of carbonyl (C=O) groups excluding carboxylic acids is 2. The number of ether oxygens (including phenoxy) is 1. The van der Waals surface area contributed by atoms with Crippen molar-refractivity contribution in [1.82, 2.24) is 5.43 Å². The van der Waals surface area contributed by atoms with Crippen molar-refractivity contribution in [3.63, 3.8) is 0 Å². The van der Waals surface area contributed by atoms with Crippen LogP contribution in [-0.4, -0.2) is 24.2 Å². The van der Waals surface area contributed by atoms with Gasteiger partial charge in [-0.2, -0.15) is 0 Å². The molecule has 1 rings (SSSR count). The van der Waals surface area contributed by atoms with Gasteiger partial charge in [-0.05, 0) is 23.9 Å². The summed E-state index contributed by atoms with van der Waals surface area (Å²) in [5, 5.41) is 1.82. The molecule has 0 aromatic carbocycles. The quantitative estimate of drug-likeness (QED) is 0.352. The van der Waals surface area contributed by atoms with Gasteiger partial charge in [-0.3, -0.25) is 15.0 Å². The Morgan fingerprint density at radius 3 is 3.00 bits per heavy atom. The molecule has 0 unspecified atom stereocenters. The van der Waals surface area contributed by atoms with Gasteiger partial charge >= 0.3 is 5.97 Å². The zero-order chi connectivity index (χ0) is 12.7. The minimum atomic E-state index is -0.299. The Morgan fingerprint density at radius 1 is 1.59 bits per heavy atom. The summed E-state index contributed by atoms with van der Waals surface area (Å²) in [5.41, 5.74) is 2.98. The summed E-state index contributed by atoms with van der Waals surface area (Å²) in [6.07, 6.45) is 0. The van der Waals surface area contributed by atoms with Crippen LogP contribution in [-0.2, 0) is 15.3 Å². The predicted molar refractivity (Wildman–Crippen MR) is 68.8 cm³/mol. The lowest BCUT2D eigenvalue weighted by Crippen LogP contribution is -2.29. The fourth-order valence-corrected chi connectivity index (χ4v) is 2.89. The molecule has 1 amide bonds. The van der Waals surface area contributed by atoms with Crippen molar-refractivity contribution >= 4 is 35.0 Å². The number of rotatable bonds is 6.